The van der Waals surface area contributed by atoms with Gasteiger partial charge < -0.3 is 10.1 Å². The summed E-state index contributed by atoms with van der Waals surface area (Å²) in [5.41, 5.74) is 0.789. The molecule has 0 heterocycles. The molecule has 0 aliphatic heterocycles. The van der Waals surface area contributed by atoms with Gasteiger partial charge >= 0.3 is 0 Å². The van der Waals surface area contributed by atoms with E-state index in [2.05, 4.69) is 5.32 Å². The summed E-state index contributed by atoms with van der Waals surface area (Å²) in [5.74, 6) is 0.406. The van der Waals surface area contributed by atoms with Crippen molar-refractivity contribution in [1.29, 1.82) is 0 Å². The number of carbonyl (C=O) groups is 1. The van der Waals surface area contributed by atoms with E-state index in [0.717, 1.165) is 29.1 Å². The zero-order chi connectivity index (χ0) is 16.2. The van der Waals surface area contributed by atoms with Gasteiger partial charge in [-0.3, -0.25) is 4.79 Å². The third-order valence-corrected chi connectivity index (χ3v) is 4.88. The van der Waals surface area contributed by atoms with E-state index in [1.54, 1.807) is 19.2 Å². The van der Waals surface area contributed by atoms with Gasteiger partial charge in [-0.1, -0.05) is 18.2 Å². The largest absolute Gasteiger partial charge is 0.497 e. The molecule has 23 heavy (non-hydrogen) atoms. The second kappa shape index (κ2) is 7.04. The number of nitrogens with one attached hydrogen (secondary N) is 1. The van der Waals surface area contributed by atoms with Crippen LogP contribution in [-0.4, -0.2) is 19.1 Å². The topological polar surface area (TPSA) is 38.3 Å². The molecule has 1 fully saturated rings. The van der Waals surface area contributed by atoms with Gasteiger partial charge in [0.05, 0.1) is 7.11 Å². The van der Waals surface area contributed by atoms with Gasteiger partial charge in [0.2, 0.25) is 5.91 Å². The maximum Gasteiger partial charge on any atom is 0.238 e. The Morgan fingerprint density at radius 1 is 1.26 bits per heavy atom. The first-order valence-electron chi connectivity index (χ1n) is 7.52. The molecule has 5 heteroatoms. The van der Waals surface area contributed by atoms with E-state index in [1.807, 2.05) is 24.3 Å². The van der Waals surface area contributed by atoms with Gasteiger partial charge in [0, 0.05) is 10.9 Å². The van der Waals surface area contributed by atoms with E-state index in [4.69, 9.17) is 4.74 Å². The highest BCUT2D eigenvalue weighted by molar-refractivity contribution is 8.00. The summed E-state index contributed by atoms with van der Waals surface area (Å²) in [7, 11) is 1.61. The van der Waals surface area contributed by atoms with Crippen molar-refractivity contribution in [2.45, 2.75) is 29.0 Å². The molecule has 1 amide bonds. The maximum atomic E-state index is 13.2. The Labute approximate surface area is 139 Å². The fourth-order valence-corrected chi connectivity index (χ4v) is 3.31. The van der Waals surface area contributed by atoms with Crippen molar-refractivity contribution in [1.82, 2.24) is 5.32 Å². The van der Waals surface area contributed by atoms with Gasteiger partial charge in [-0.15, -0.1) is 11.8 Å². The zero-order valence-corrected chi connectivity index (χ0v) is 13.6. The fraction of sp³-hybridized carbons (Fsp3) is 0.278. The molecule has 1 aliphatic rings. The molecule has 1 unspecified atom stereocenters. The fourth-order valence-electron chi connectivity index (χ4n) is 2.23. The number of benzene rings is 2. The van der Waals surface area contributed by atoms with E-state index in [0.29, 0.717) is 0 Å². The number of rotatable bonds is 6. The van der Waals surface area contributed by atoms with Crippen molar-refractivity contribution >= 4 is 17.7 Å². The van der Waals surface area contributed by atoms with Gasteiger partial charge in [-0.2, -0.15) is 0 Å². The third-order valence-electron chi connectivity index (χ3n) is 3.63. The molecule has 0 spiro atoms. The molecular formula is C18H18FNO2S. The number of carbonyl (C=O) groups excluding carboxylic acids is 1. The van der Waals surface area contributed by atoms with E-state index in [1.165, 1.54) is 23.9 Å². The maximum absolute atomic E-state index is 13.2. The molecule has 3 nitrogen and oxygen atoms in total. The van der Waals surface area contributed by atoms with Crippen LogP contribution >= 0.6 is 11.8 Å². The Morgan fingerprint density at radius 2 is 2.00 bits per heavy atom. The average molecular weight is 331 g/mol. The number of hydrogen-bond acceptors (Lipinski definition) is 3. The van der Waals surface area contributed by atoms with Gasteiger partial charge in [0.15, 0.2) is 0 Å². The smallest absolute Gasteiger partial charge is 0.238 e. The first-order valence-corrected chi connectivity index (χ1v) is 8.40. The summed E-state index contributed by atoms with van der Waals surface area (Å²) in [6.45, 7) is 0. The van der Waals surface area contributed by atoms with Crippen LogP contribution in [0.1, 0.15) is 23.7 Å². The van der Waals surface area contributed by atoms with Crippen molar-refractivity contribution in [3.8, 4) is 5.75 Å². The van der Waals surface area contributed by atoms with Crippen molar-refractivity contribution < 1.29 is 13.9 Å². The minimum absolute atomic E-state index is 0.0353. The summed E-state index contributed by atoms with van der Waals surface area (Å²) in [6.07, 6.45) is 2.07. The first kappa shape index (κ1) is 15.9. The molecule has 0 saturated heterocycles. The number of ether oxygens (including phenoxy) is 1. The minimum Gasteiger partial charge on any atom is -0.497 e. The Morgan fingerprint density at radius 3 is 2.65 bits per heavy atom. The molecule has 2 aromatic rings. The third kappa shape index (κ3) is 4.26. The summed E-state index contributed by atoms with van der Waals surface area (Å²) >= 11 is 1.44. The van der Waals surface area contributed by atoms with E-state index in [9.17, 15) is 9.18 Å². The quantitative estimate of drug-likeness (QED) is 0.815. The highest BCUT2D eigenvalue weighted by Gasteiger charge is 2.29. The number of hydrogen-bond donors (Lipinski definition) is 1. The summed E-state index contributed by atoms with van der Waals surface area (Å²) in [5, 5.41) is 2.62. The molecule has 120 valence electrons. The molecule has 1 aliphatic carbocycles. The normalized spacial score (nSPS) is 15.0. The first-order chi connectivity index (χ1) is 11.2. The van der Waals surface area contributed by atoms with Crippen molar-refractivity contribution in [2.75, 3.05) is 7.11 Å². The summed E-state index contributed by atoms with van der Waals surface area (Å²) in [4.78, 5) is 13.5. The van der Waals surface area contributed by atoms with Gasteiger partial charge in [0.1, 0.15) is 16.8 Å². The standard InChI is InChI=1S/C18H18FNO2S/c1-22-15-3-2-4-16(11-15)23-17(18(21)20-14-9-10-14)12-5-7-13(19)8-6-12/h2-8,11,14,17H,9-10H2,1H3,(H,20,21). The van der Waals surface area contributed by atoms with Crippen LogP contribution in [0.4, 0.5) is 4.39 Å². The minimum atomic E-state index is -0.414. The summed E-state index contributed by atoms with van der Waals surface area (Å²) < 4.78 is 18.4. The Bertz CT molecular complexity index is 686. The van der Waals surface area contributed by atoms with E-state index >= 15 is 0 Å². The molecule has 1 saturated carbocycles. The zero-order valence-electron chi connectivity index (χ0n) is 12.8. The predicted octanol–water partition coefficient (Wildman–Crippen LogP) is 3.95. The molecule has 2 aromatic carbocycles. The lowest BCUT2D eigenvalue weighted by Gasteiger charge is -2.17. The molecule has 0 radical (unpaired) electrons. The lowest BCUT2D eigenvalue weighted by atomic mass is 10.1. The monoisotopic (exact) mass is 331 g/mol. The Balaban J connectivity index is 1.83. The number of thioether (sulfide) groups is 1. The lowest BCUT2D eigenvalue weighted by molar-refractivity contribution is -0.120. The SMILES string of the molecule is COc1cccc(SC(C(=O)NC2CC2)c2ccc(F)cc2)c1. The molecular weight excluding hydrogens is 313 g/mol. The lowest BCUT2D eigenvalue weighted by Crippen LogP contribution is -2.29. The molecule has 1 N–H and O–H groups in total. The number of halogens is 1. The van der Waals surface area contributed by atoms with Crippen LogP contribution in [0.15, 0.2) is 53.4 Å². The number of amides is 1. The molecule has 0 aromatic heterocycles. The summed E-state index contributed by atoms with van der Waals surface area (Å²) in [6, 6.07) is 14.0. The average Bonchev–Trinajstić information content (AvgIpc) is 3.37. The Hall–Kier alpha value is -2.01. The molecule has 1 atom stereocenters. The van der Waals surface area contributed by atoms with Crippen LogP contribution in [0.5, 0.6) is 5.75 Å². The van der Waals surface area contributed by atoms with Gasteiger partial charge in [0.25, 0.3) is 0 Å². The van der Waals surface area contributed by atoms with Crippen LogP contribution in [-0.2, 0) is 4.79 Å². The van der Waals surface area contributed by atoms with E-state index < -0.39 is 5.25 Å². The van der Waals surface area contributed by atoms with Crippen LogP contribution in [0, 0.1) is 5.82 Å². The highest BCUT2D eigenvalue weighted by Crippen LogP contribution is 2.37. The van der Waals surface area contributed by atoms with Crippen molar-refractivity contribution in [3.05, 3.63) is 59.9 Å². The van der Waals surface area contributed by atoms with Crippen molar-refractivity contribution in [2.24, 2.45) is 0 Å². The van der Waals surface area contributed by atoms with Gasteiger partial charge in [-0.05, 0) is 48.7 Å². The molecule has 0 bridgehead atoms. The molecule has 3 rings (SSSR count). The Kier molecular flexibility index (Phi) is 4.86. The second-order valence-corrected chi connectivity index (χ2v) is 6.69. The second-order valence-electron chi connectivity index (χ2n) is 5.51. The highest BCUT2D eigenvalue weighted by atomic mass is 32.2. The van der Waals surface area contributed by atoms with Crippen molar-refractivity contribution in [3.63, 3.8) is 0 Å². The van der Waals surface area contributed by atoms with Crippen LogP contribution in [0.25, 0.3) is 0 Å². The van der Waals surface area contributed by atoms with Crippen LogP contribution < -0.4 is 10.1 Å². The van der Waals surface area contributed by atoms with Crippen LogP contribution in [0.3, 0.4) is 0 Å². The number of methoxy groups -OCH3 is 1. The van der Waals surface area contributed by atoms with Gasteiger partial charge in [-0.25, -0.2) is 4.39 Å². The van der Waals surface area contributed by atoms with E-state index in [-0.39, 0.29) is 17.8 Å². The van der Waals surface area contributed by atoms with Crippen LogP contribution in [0.2, 0.25) is 0 Å². The predicted molar refractivity (Wildman–Crippen MR) is 89.2 cm³/mol.